The van der Waals surface area contributed by atoms with E-state index in [1.165, 1.54) is 11.3 Å². The molecule has 6 nitrogen and oxygen atoms in total. The number of rotatable bonds is 8. The van der Waals surface area contributed by atoms with E-state index in [0.717, 1.165) is 36.2 Å². The zero-order chi connectivity index (χ0) is 23.0. The first-order valence-corrected chi connectivity index (χ1v) is 12.0. The van der Waals surface area contributed by atoms with E-state index in [4.69, 9.17) is 0 Å². The summed E-state index contributed by atoms with van der Waals surface area (Å²) < 4.78 is 0. The van der Waals surface area contributed by atoms with Gasteiger partial charge >= 0.3 is 0 Å². The standard InChI is InChI=1S/C26H27N3O3S/c30-24-13-4-5-14-29(24)21-11-6-10-20(16-21)18-27-25(31)22(17-19-8-2-1-3-9-19)28-26(32)23-12-7-15-33-23/h1-3,6-12,15-16,22H,4-5,13-14,17-18H2,(H,27,31)(H,28,32). The maximum atomic E-state index is 13.1. The molecule has 1 aliphatic rings. The van der Waals surface area contributed by atoms with Gasteiger partial charge in [0.25, 0.3) is 5.91 Å². The Labute approximate surface area is 197 Å². The minimum absolute atomic E-state index is 0.140. The Morgan fingerprint density at radius 3 is 2.55 bits per heavy atom. The normalized spacial score (nSPS) is 14.5. The molecule has 0 aliphatic carbocycles. The largest absolute Gasteiger partial charge is 0.350 e. The number of hydrogen-bond acceptors (Lipinski definition) is 4. The van der Waals surface area contributed by atoms with Crippen LogP contribution in [-0.4, -0.2) is 30.3 Å². The lowest BCUT2D eigenvalue weighted by molar-refractivity contribution is -0.123. The third-order valence-corrected chi connectivity index (χ3v) is 6.53. The van der Waals surface area contributed by atoms with E-state index in [9.17, 15) is 14.4 Å². The first kappa shape index (κ1) is 22.7. The lowest BCUT2D eigenvalue weighted by Crippen LogP contribution is -2.47. The van der Waals surface area contributed by atoms with Gasteiger partial charge in [0.1, 0.15) is 6.04 Å². The topological polar surface area (TPSA) is 78.5 Å². The average molecular weight is 462 g/mol. The minimum Gasteiger partial charge on any atom is -0.350 e. The summed E-state index contributed by atoms with van der Waals surface area (Å²) in [6.07, 6.45) is 2.90. The molecule has 1 aliphatic heterocycles. The van der Waals surface area contributed by atoms with Crippen molar-refractivity contribution >= 4 is 34.7 Å². The van der Waals surface area contributed by atoms with Crippen molar-refractivity contribution in [3.8, 4) is 0 Å². The highest BCUT2D eigenvalue weighted by molar-refractivity contribution is 7.12. The van der Waals surface area contributed by atoms with Crippen LogP contribution >= 0.6 is 11.3 Å². The average Bonchev–Trinajstić information content (AvgIpc) is 3.39. The number of hydrogen-bond donors (Lipinski definition) is 2. The lowest BCUT2D eigenvalue weighted by Gasteiger charge is -2.27. The molecule has 0 saturated carbocycles. The Kier molecular flexibility index (Phi) is 7.52. The summed E-state index contributed by atoms with van der Waals surface area (Å²) in [5, 5.41) is 7.67. The molecule has 3 amide bonds. The second-order valence-electron chi connectivity index (χ2n) is 8.08. The van der Waals surface area contributed by atoms with Crippen LogP contribution in [0.1, 0.15) is 40.1 Å². The summed E-state index contributed by atoms with van der Waals surface area (Å²) in [4.78, 5) is 40.3. The van der Waals surface area contributed by atoms with Crippen LogP contribution in [0.15, 0.2) is 72.1 Å². The summed E-state index contributed by atoms with van der Waals surface area (Å²) in [7, 11) is 0. The number of nitrogens with zero attached hydrogens (tertiary/aromatic N) is 1. The SMILES string of the molecule is O=C(NC(Cc1ccccc1)C(=O)NCc1cccc(N2CCCCC2=O)c1)c1cccs1. The van der Waals surface area contributed by atoms with Crippen molar-refractivity contribution in [2.75, 3.05) is 11.4 Å². The Hall–Kier alpha value is -3.45. The molecule has 4 rings (SSSR count). The molecule has 1 saturated heterocycles. The van der Waals surface area contributed by atoms with Gasteiger partial charge < -0.3 is 15.5 Å². The number of carbonyl (C=O) groups excluding carboxylic acids is 3. The Morgan fingerprint density at radius 2 is 1.79 bits per heavy atom. The van der Waals surface area contributed by atoms with E-state index in [0.29, 0.717) is 24.3 Å². The van der Waals surface area contributed by atoms with Gasteiger partial charge in [0.2, 0.25) is 11.8 Å². The molecule has 170 valence electrons. The number of benzene rings is 2. The molecule has 3 aromatic rings. The molecular formula is C26H27N3O3S. The van der Waals surface area contributed by atoms with E-state index in [2.05, 4.69) is 10.6 Å². The second-order valence-corrected chi connectivity index (χ2v) is 9.03. The molecule has 1 fully saturated rings. The van der Waals surface area contributed by atoms with Gasteiger partial charge in [-0.2, -0.15) is 0 Å². The van der Waals surface area contributed by atoms with Crippen LogP contribution in [0.2, 0.25) is 0 Å². The monoisotopic (exact) mass is 461 g/mol. The van der Waals surface area contributed by atoms with Crippen LogP contribution in [0.25, 0.3) is 0 Å². The highest BCUT2D eigenvalue weighted by Crippen LogP contribution is 2.22. The van der Waals surface area contributed by atoms with Crippen molar-refractivity contribution < 1.29 is 14.4 Å². The highest BCUT2D eigenvalue weighted by atomic mass is 32.1. The van der Waals surface area contributed by atoms with Crippen LogP contribution in [-0.2, 0) is 22.6 Å². The first-order valence-electron chi connectivity index (χ1n) is 11.2. The van der Waals surface area contributed by atoms with Crippen molar-refractivity contribution in [2.24, 2.45) is 0 Å². The molecule has 0 spiro atoms. The van der Waals surface area contributed by atoms with Gasteiger partial charge in [0.15, 0.2) is 0 Å². The predicted molar refractivity (Wildman–Crippen MR) is 130 cm³/mol. The van der Waals surface area contributed by atoms with Crippen molar-refractivity contribution in [3.05, 3.63) is 88.1 Å². The van der Waals surface area contributed by atoms with Crippen LogP contribution < -0.4 is 15.5 Å². The van der Waals surface area contributed by atoms with Crippen molar-refractivity contribution in [1.82, 2.24) is 10.6 Å². The van der Waals surface area contributed by atoms with Gasteiger partial charge in [0, 0.05) is 31.6 Å². The van der Waals surface area contributed by atoms with Crippen molar-refractivity contribution in [2.45, 2.75) is 38.3 Å². The quantitative estimate of drug-likeness (QED) is 0.534. The summed E-state index contributed by atoms with van der Waals surface area (Å²) in [6, 6.07) is 20.2. The lowest BCUT2D eigenvalue weighted by atomic mass is 10.0. The maximum Gasteiger partial charge on any atom is 0.262 e. The first-order chi connectivity index (χ1) is 16.1. The predicted octanol–water partition coefficient (Wildman–Crippen LogP) is 3.92. The fourth-order valence-corrected chi connectivity index (χ4v) is 4.55. The molecule has 1 unspecified atom stereocenters. The third-order valence-electron chi connectivity index (χ3n) is 5.66. The van der Waals surface area contributed by atoms with Gasteiger partial charge in [-0.25, -0.2) is 0 Å². The maximum absolute atomic E-state index is 13.1. The van der Waals surface area contributed by atoms with Gasteiger partial charge in [-0.05, 0) is 47.5 Å². The smallest absolute Gasteiger partial charge is 0.262 e. The number of piperidine rings is 1. The summed E-state index contributed by atoms with van der Waals surface area (Å²) >= 11 is 1.34. The van der Waals surface area contributed by atoms with E-state index in [1.807, 2.05) is 70.9 Å². The van der Waals surface area contributed by atoms with E-state index in [-0.39, 0.29) is 17.7 Å². The summed E-state index contributed by atoms with van der Waals surface area (Å²) in [5.74, 6) is -0.364. The number of thiophene rings is 1. The fourth-order valence-electron chi connectivity index (χ4n) is 3.92. The molecule has 1 atom stereocenters. The zero-order valence-corrected chi connectivity index (χ0v) is 19.1. The Bertz CT molecular complexity index is 1100. The van der Waals surface area contributed by atoms with Gasteiger partial charge in [0.05, 0.1) is 4.88 Å². The molecule has 0 radical (unpaired) electrons. The van der Waals surface area contributed by atoms with E-state index in [1.54, 1.807) is 6.07 Å². The molecule has 2 heterocycles. The zero-order valence-electron chi connectivity index (χ0n) is 18.3. The molecular weight excluding hydrogens is 434 g/mol. The van der Waals surface area contributed by atoms with Crippen LogP contribution in [0.5, 0.6) is 0 Å². The van der Waals surface area contributed by atoms with Crippen LogP contribution in [0.4, 0.5) is 5.69 Å². The van der Waals surface area contributed by atoms with Gasteiger partial charge in [-0.1, -0.05) is 48.5 Å². The molecule has 2 N–H and O–H groups in total. The summed E-state index contributed by atoms with van der Waals surface area (Å²) in [6.45, 7) is 1.04. The molecule has 2 aromatic carbocycles. The number of nitrogens with one attached hydrogen (secondary N) is 2. The van der Waals surface area contributed by atoms with Crippen LogP contribution in [0, 0.1) is 0 Å². The van der Waals surface area contributed by atoms with E-state index < -0.39 is 6.04 Å². The minimum atomic E-state index is -0.700. The second kappa shape index (κ2) is 10.9. The molecule has 7 heteroatoms. The fraction of sp³-hybridized carbons (Fsp3) is 0.269. The highest BCUT2D eigenvalue weighted by Gasteiger charge is 2.23. The van der Waals surface area contributed by atoms with E-state index >= 15 is 0 Å². The van der Waals surface area contributed by atoms with Crippen LogP contribution in [0.3, 0.4) is 0 Å². The number of amides is 3. The Balaban J connectivity index is 1.43. The van der Waals surface area contributed by atoms with Crippen molar-refractivity contribution in [3.63, 3.8) is 0 Å². The molecule has 0 bridgehead atoms. The molecule has 1 aromatic heterocycles. The third kappa shape index (κ3) is 6.08. The Morgan fingerprint density at radius 1 is 0.970 bits per heavy atom. The van der Waals surface area contributed by atoms with Gasteiger partial charge in [-0.15, -0.1) is 11.3 Å². The summed E-state index contributed by atoms with van der Waals surface area (Å²) in [5.41, 5.74) is 2.73. The number of carbonyl (C=O) groups is 3. The van der Waals surface area contributed by atoms with Crippen molar-refractivity contribution in [1.29, 1.82) is 0 Å². The number of anilines is 1. The molecule has 33 heavy (non-hydrogen) atoms. The van der Waals surface area contributed by atoms with Gasteiger partial charge in [-0.3, -0.25) is 14.4 Å².